The van der Waals surface area contributed by atoms with Gasteiger partial charge >= 0.3 is 0 Å². The number of hydrogen-bond donors (Lipinski definition) is 0. The molecular weight excluding hydrogens is 180 g/mol. The van der Waals surface area contributed by atoms with Crippen LogP contribution < -0.4 is 0 Å². The highest BCUT2D eigenvalue weighted by molar-refractivity contribution is 5.60. The number of nitriles is 1. The van der Waals surface area contributed by atoms with Crippen LogP contribution in [0.5, 0.6) is 0 Å². The minimum absolute atomic E-state index is 0.0571. The zero-order chi connectivity index (χ0) is 10.4. The number of nitrogens with zero attached hydrogens (tertiary/aromatic N) is 2. The van der Waals surface area contributed by atoms with Crippen molar-refractivity contribution in [3.63, 3.8) is 0 Å². The van der Waals surface area contributed by atoms with Crippen molar-refractivity contribution in [2.45, 2.75) is 6.42 Å². The lowest BCUT2D eigenvalue weighted by Crippen LogP contribution is -1.90. The van der Waals surface area contributed by atoms with Crippen molar-refractivity contribution in [1.29, 1.82) is 5.26 Å². The van der Waals surface area contributed by atoms with Gasteiger partial charge in [-0.2, -0.15) is 5.26 Å². The third-order valence-electron chi connectivity index (χ3n) is 1.64. The van der Waals surface area contributed by atoms with Crippen LogP contribution in [-0.4, -0.2) is 4.92 Å². The Kier molecular flexibility index (Phi) is 3.39. The molecule has 0 bridgehead atoms. The van der Waals surface area contributed by atoms with Crippen LogP contribution in [0.3, 0.4) is 0 Å². The first-order valence-electron chi connectivity index (χ1n) is 4.02. The highest BCUT2D eigenvalue weighted by Crippen LogP contribution is 2.18. The minimum Gasteiger partial charge on any atom is -0.258 e. The molecule has 4 nitrogen and oxygen atoms in total. The summed E-state index contributed by atoms with van der Waals surface area (Å²) in [5, 5.41) is 18.8. The van der Waals surface area contributed by atoms with E-state index in [0.29, 0.717) is 5.56 Å². The van der Waals surface area contributed by atoms with E-state index in [2.05, 4.69) is 0 Å². The number of nitro benzene ring substituents is 1. The van der Waals surface area contributed by atoms with E-state index in [0.717, 1.165) is 0 Å². The van der Waals surface area contributed by atoms with Crippen LogP contribution in [0.4, 0.5) is 5.69 Å². The van der Waals surface area contributed by atoms with Gasteiger partial charge in [-0.15, -0.1) is 0 Å². The van der Waals surface area contributed by atoms with Gasteiger partial charge in [-0.05, 0) is 6.07 Å². The van der Waals surface area contributed by atoms with Crippen LogP contribution in [0.1, 0.15) is 12.0 Å². The monoisotopic (exact) mass is 188 g/mol. The Balaban J connectivity index is 2.97. The molecule has 0 fully saturated rings. The molecule has 0 saturated heterocycles. The van der Waals surface area contributed by atoms with Gasteiger partial charge in [0.15, 0.2) is 0 Å². The first-order chi connectivity index (χ1) is 6.75. The zero-order valence-corrected chi connectivity index (χ0v) is 7.38. The summed E-state index contributed by atoms with van der Waals surface area (Å²) >= 11 is 0. The van der Waals surface area contributed by atoms with Gasteiger partial charge in [0.2, 0.25) is 0 Å². The first kappa shape index (κ1) is 9.93. The van der Waals surface area contributed by atoms with Crippen LogP contribution in [0.2, 0.25) is 0 Å². The number of para-hydroxylation sites is 1. The lowest BCUT2D eigenvalue weighted by atomic mass is 10.1. The SMILES string of the molecule is N#CCC=Cc1ccccc1[N+](=O)[O-]. The highest BCUT2D eigenvalue weighted by Gasteiger charge is 2.08. The topological polar surface area (TPSA) is 66.9 Å². The molecule has 0 spiro atoms. The molecule has 0 saturated carbocycles. The molecule has 0 radical (unpaired) electrons. The lowest BCUT2D eigenvalue weighted by Gasteiger charge is -1.95. The minimum atomic E-state index is -0.438. The Labute approximate surface area is 81.2 Å². The third kappa shape index (κ3) is 2.42. The summed E-state index contributed by atoms with van der Waals surface area (Å²) < 4.78 is 0. The van der Waals surface area contributed by atoms with Gasteiger partial charge in [0, 0.05) is 6.07 Å². The molecule has 0 aliphatic carbocycles. The first-order valence-corrected chi connectivity index (χ1v) is 4.02. The van der Waals surface area contributed by atoms with E-state index in [1.807, 2.05) is 6.07 Å². The number of allylic oxidation sites excluding steroid dienone is 1. The maximum Gasteiger partial charge on any atom is 0.276 e. The van der Waals surface area contributed by atoms with Crippen LogP contribution in [0, 0.1) is 21.4 Å². The lowest BCUT2D eigenvalue weighted by molar-refractivity contribution is -0.385. The molecule has 14 heavy (non-hydrogen) atoms. The molecule has 1 aromatic carbocycles. The Hall–Kier alpha value is -2.15. The summed E-state index contributed by atoms with van der Waals surface area (Å²) in [7, 11) is 0. The molecule has 0 atom stereocenters. The summed E-state index contributed by atoms with van der Waals surface area (Å²) in [6.07, 6.45) is 3.44. The number of nitro groups is 1. The Bertz CT molecular complexity index is 405. The Morgan fingerprint density at radius 3 is 2.86 bits per heavy atom. The summed E-state index contributed by atoms with van der Waals surface area (Å²) in [5.74, 6) is 0. The van der Waals surface area contributed by atoms with Gasteiger partial charge < -0.3 is 0 Å². The van der Waals surface area contributed by atoms with E-state index in [1.165, 1.54) is 6.07 Å². The van der Waals surface area contributed by atoms with E-state index in [4.69, 9.17) is 5.26 Å². The zero-order valence-electron chi connectivity index (χ0n) is 7.38. The fraction of sp³-hybridized carbons (Fsp3) is 0.100. The van der Waals surface area contributed by atoms with Crippen molar-refractivity contribution in [2.75, 3.05) is 0 Å². The van der Waals surface area contributed by atoms with Gasteiger partial charge in [-0.1, -0.05) is 24.3 Å². The van der Waals surface area contributed by atoms with Gasteiger partial charge in [0.05, 0.1) is 23.0 Å². The summed E-state index contributed by atoms with van der Waals surface area (Å²) in [5.41, 5.74) is 0.578. The second-order valence-corrected chi connectivity index (χ2v) is 2.58. The molecule has 0 N–H and O–H groups in total. The summed E-state index contributed by atoms with van der Waals surface area (Å²) in [4.78, 5) is 10.1. The number of benzene rings is 1. The third-order valence-corrected chi connectivity index (χ3v) is 1.64. The second-order valence-electron chi connectivity index (χ2n) is 2.58. The standard InChI is InChI=1S/C10H8N2O2/c11-8-4-3-6-9-5-1-2-7-10(9)12(13)14/h1-3,5-7H,4H2. The fourth-order valence-electron chi connectivity index (χ4n) is 1.03. The van der Waals surface area contributed by atoms with Crippen LogP contribution in [0.15, 0.2) is 30.3 Å². The second kappa shape index (κ2) is 4.77. The van der Waals surface area contributed by atoms with Gasteiger partial charge in [0.25, 0.3) is 5.69 Å². The van der Waals surface area contributed by atoms with Crippen LogP contribution in [-0.2, 0) is 0 Å². The number of hydrogen-bond acceptors (Lipinski definition) is 3. The number of rotatable bonds is 3. The van der Waals surface area contributed by atoms with Crippen molar-refractivity contribution in [3.8, 4) is 6.07 Å². The normalized spacial score (nSPS) is 9.93. The van der Waals surface area contributed by atoms with Crippen molar-refractivity contribution in [2.24, 2.45) is 0 Å². The molecule has 1 rings (SSSR count). The molecule has 0 aliphatic heterocycles. The van der Waals surface area contributed by atoms with E-state index < -0.39 is 4.92 Å². The smallest absolute Gasteiger partial charge is 0.258 e. The fourth-order valence-corrected chi connectivity index (χ4v) is 1.03. The maximum atomic E-state index is 10.6. The summed E-state index contributed by atoms with van der Waals surface area (Å²) in [6.45, 7) is 0. The van der Waals surface area contributed by atoms with Crippen molar-refractivity contribution >= 4 is 11.8 Å². The maximum absolute atomic E-state index is 10.6. The average Bonchev–Trinajstić information content (AvgIpc) is 2.19. The molecule has 0 aromatic heterocycles. The van der Waals surface area contributed by atoms with E-state index in [1.54, 1.807) is 30.4 Å². The Morgan fingerprint density at radius 2 is 2.21 bits per heavy atom. The molecule has 0 amide bonds. The molecule has 0 unspecified atom stereocenters. The van der Waals surface area contributed by atoms with E-state index in [-0.39, 0.29) is 12.1 Å². The Morgan fingerprint density at radius 1 is 1.50 bits per heavy atom. The molecule has 1 aromatic rings. The molecule has 0 heterocycles. The van der Waals surface area contributed by atoms with Gasteiger partial charge in [-0.25, -0.2) is 0 Å². The van der Waals surface area contributed by atoms with Gasteiger partial charge in [-0.3, -0.25) is 10.1 Å². The van der Waals surface area contributed by atoms with E-state index >= 15 is 0 Å². The molecular formula is C10H8N2O2. The van der Waals surface area contributed by atoms with Crippen molar-refractivity contribution in [3.05, 3.63) is 46.0 Å². The van der Waals surface area contributed by atoms with Crippen LogP contribution >= 0.6 is 0 Å². The summed E-state index contributed by atoms with van der Waals surface area (Å²) in [6, 6.07) is 8.34. The van der Waals surface area contributed by atoms with Gasteiger partial charge in [0.1, 0.15) is 0 Å². The van der Waals surface area contributed by atoms with Crippen LogP contribution in [0.25, 0.3) is 6.08 Å². The molecule has 0 aliphatic rings. The quantitative estimate of drug-likeness (QED) is 0.540. The molecule has 4 heteroatoms. The predicted molar refractivity (Wildman–Crippen MR) is 52.4 cm³/mol. The molecule has 70 valence electrons. The highest BCUT2D eigenvalue weighted by atomic mass is 16.6. The van der Waals surface area contributed by atoms with Crippen molar-refractivity contribution < 1.29 is 4.92 Å². The predicted octanol–water partition coefficient (Wildman–Crippen LogP) is 2.52. The van der Waals surface area contributed by atoms with E-state index in [9.17, 15) is 10.1 Å². The average molecular weight is 188 g/mol. The largest absolute Gasteiger partial charge is 0.276 e. The van der Waals surface area contributed by atoms with Crippen molar-refractivity contribution in [1.82, 2.24) is 0 Å².